The smallest absolute Gasteiger partial charge is 0.262 e. The highest BCUT2D eigenvalue weighted by molar-refractivity contribution is 6.21. The largest absolute Gasteiger partial charge is 0.388 e. The van der Waals surface area contributed by atoms with E-state index in [4.69, 9.17) is 37.9 Å². The minimum absolute atomic E-state index is 0.0602. The van der Waals surface area contributed by atoms with Gasteiger partial charge in [0.05, 0.1) is 56.9 Å². The molecular weight excluding hydrogens is 851 g/mol. The Morgan fingerprint density at radius 2 is 0.806 bits per heavy atom. The molecule has 1 N–H and O–H groups in total. The number of aliphatic hydroxyl groups excluding tert-OH is 1. The first kappa shape index (κ1) is 46.2. The Kier molecular flexibility index (Phi) is 15.4. The van der Waals surface area contributed by atoms with E-state index < -0.39 is 73.2 Å². The molecule has 0 unspecified atom stereocenters. The van der Waals surface area contributed by atoms with Crippen LogP contribution in [-0.4, -0.2) is 89.8 Å². The monoisotopic (exact) mass is 905 g/mol. The van der Waals surface area contributed by atoms with Gasteiger partial charge in [-0.15, -0.1) is 0 Å². The van der Waals surface area contributed by atoms with Gasteiger partial charge in [-0.05, 0) is 46.9 Å². The summed E-state index contributed by atoms with van der Waals surface area (Å²) in [5.74, 6) is -1.07. The Hall–Kier alpha value is -5.90. The van der Waals surface area contributed by atoms with Crippen LogP contribution in [0.1, 0.15) is 55.5 Å². The molecule has 346 valence electrons. The van der Waals surface area contributed by atoms with Gasteiger partial charge in [0, 0.05) is 0 Å². The Morgan fingerprint density at radius 1 is 0.433 bits per heavy atom. The van der Waals surface area contributed by atoms with E-state index in [9.17, 15) is 14.7 Å². The Morgan fingerprint density at radius 3 is 1.25 bits per heavy atom. The minimum Gasteiger partial charge on any atom is -0.388 e. The highest BCUT2D eigenvalue weighted by atomic mass is 16.7. The summed E-state index contributed by atoms with van der Waals surface area (Å²) in [7, 11) is 0. The molecule has 0 saturated carbocycles. The van der Waals surface area contributed by atoms with Crippen molar-refractivity contribution in [1.29, 1.82) is 0 Å². The van der Waals surface area contributed by atoms with E-state index in [1.165, 1.54) is 0 Å². The number of nitrogens with zero attached hydrogens (tertiary/aromatic N) is 1. The number of hydrogen-bond acceptors (Lipinski definition) is 11. The second-order valence-electron chi connectivity index (χ2n) is 16.9. The quantitative estimate of drug-likeness (QED) is 0.0793. The number of hydrogen-bond donors (Lipinski definition) is 1. The molecule has 2 fully saturated rings. The van der Waals surface area contributed by atoms with Crippen molar-refractivity contribution in [2.45, 2.75) is 101 Å². The third kappa shape index (κ3) is 11.1. The Balaban J connectivity index is 1.02. The lowest BCUT2D eigenvalue weighted by Crippen LogP contribution is -2.67. The van der Waals surface area contributed by atoms with Crippen molar-refractivity contribution in [3.63, 3.8) is 0 Å². The van der Waals surface area contributed by atoms with Crippen LogP contribution < -0.4 is 0 Å². The third-order valence-corrected chi connectivity index (χ3v) is 12.3. The average molecular weight is 906 g/mol. The van der Waals surface area contributed by atoms with Crippen LogP contribution in [0.15, 0.2) is 176 Å². The van der Waals surface area contributed by atoms with Gasteiger partial charge in [0.1, 0.15) is 42.7 Å². The highest BCUT2D eigenvalue weighted by Crippen LogP contribution is 2.37. The molecule has 2 amide bonds. The lowest BCUT2D eigenvalue weighted by atomic mass is 9.94. The molecule has 3 heterocycles. The summed E-state index contributed by atoms with van der Waals surface area (Å²) in [6, 6.07) is 54.0. The molecule has 10 atom stereocenters. The van der Waals surface area contributed by atoms with Crippen LogP contribution in [0.5, 0.6) is 0 Å². The van der Waals surface area contributed by atoms with E-state index in [0.717, 1.165) is 32.7 Å². The summed E-state index contributed by atoms with van der Waals surface area (Å²) in [4.78, 5) is 29.5. The summed E-state index contributed by atoms with van der Waals surface area (Å²) in [6.07, 6.45) is -8.62. The molecule has 3 aliphatic heterocycles. The fourth-order valence-corrected chi connectivity index (χ4v) is 8.83. The molecule has 6 aromatic carbocycles. The van der Waals surface area contributed by atoms with E-state index in [0.29, 0.717) is 6.61 Å². The number of carbonyl (C=O) groups is 2. The number of amides is 2. The minimum atomic E-state index is -1.42. The lowest BCUT2D eigenvalue weighted by Gasteiger charge is -2.48. The first-order valence-corrected chi connectivity index (χ1v) is 22.8. The van der Waals surface area contributed by atoms with Crippen LogP contribution in [0.3, 0.4) is 0 Å². The molecule has 3 aliphatic rings. The number of rotatable bonds is 19. The number of aliphatic hydroxyl groups is 1. The predicted octanol–water partition coefficient (Wildman–Crippen LogP) is 8.06. The van der Waals surface area contributed by atoms with Gasteiger partial charge >= 0.3 is 0 Å². The highest BCUT2D eigenvalue weighted by Gasteiger charge is 2.55. The van der Waals surface area contributed by atoms with Crippen molar-refractivity contribution >= 4 is 11.8 Å². The van der Waals surface area contributed by atoms with Gasteiger partial charge < -0.3 is 43.0 Å². The molecule has 0 bridgehead atoms. The second-order valence-corrected chi connectivity index (χ2v) is 16.9. The number of ether oxygens (including phenoxy) is 8. The van der Waals surface area contributed by atoms with Gasteiger partial charge in [-0.2, -0.15) is 0 Å². The van der Waals surface area contributed by atoms with E-state index in [-0.39, 0.29) is 44.2 Å². The summed E-state index contributed by atoms with van der Waals surface area (Å²) in [6.45, 7) is 2.62. The van der Waals surface area contributed by atoms with Crippen molar-refractivity contribution in [2.24, 2.45) is 0 Å². The maximum absolute atomic E-state index is 14.2. The van der Waals surface area contributed by atoms with Crippen molar-refractivity contribution in [3.05, 3.63) is 215 Å². The second kappa shape index (κ2) is 22.3. The molecule has 0 aliphatic carbocycles. The van der Waals surface area contributed by atoms with Crippen LogP contribution in [0.4, 0.5) is 0 Å². The fraction of sp³-hybridized carbons (Fsp3) is 0.309. The molecular formula is C55H55NO11. The number of imide groups is 1. The summed E-state index contributed by atoms with van der Waals surface area (Å²) >= 11 is 0. The summed E-state index contributed by atoms with van der Waals surface area (Å²) in [5.41, 5.74) is 5.05. The number of carbonyl (C=O) groups excluding carboxylic acids is 2. The van der Waals surface area contributed by atoms with E-state index >= 15 is 0 Å². The van der Waals surface area contributed by atoms with E-state index in [2.05, 4.69) is 0 Å². The maximum atomic E-state index is 14.2. The van der Waals surface area contributed by atoms with Crippen LogP contribution in [0.25, 0.3) is 0 Å². The number of benzene rings is 6. The van der Waals surface area contributed by atoms with Gasteiger partial charge in [0.25, 0.3) is 11.8 Å². The van der Waals surface area contributed by atoms with E-state index in [1.807, 2.05) is 159 Å². The molecule has 0 spiro atoms. The first-order chi connectivity index (χ1) is 32.9. The van der Waals surface area contributed by atoms with Crippen molar-refractivity contribution in [2.75, 3.05) is 6.61 Å². The standard InChI is InChI=1S/C55H55NO11/c1-37-48(60-31-38-19-7-2-8-20-38)50(62-33-40-23-11-4-12-24-40)51(63-34-41-25-13-5-14-26-41)55(66-37)65-36-45-47(57)49(61-32-39-21-9-3-10-22-39)46(54(67-45)64-35-42-27-15-6-16-28-42)56-52(58)43-29-17-18-30-44(43)53(56)59/h2-30,37,45-51,54-55,57H,31-36H2,1H3/t37-,45+,46+,47+,48+,49+,50+,51-,54+,55+/m0/s1. The average Bonchev–Trinajstić information content (AvgIpc) is 3.62. The van der Waals surface area contributed by atoms with Gasteiger partial charge in [0.15, 0.2) is 12.6 Å². The zero-order valence-electron chi connectivity index (χ0n) is 37.2. The van der Waals surface area contributed by atoms with Gasteiger partial charge in [0.2, 0.25) is 0 Å². The molecule has 12 nitrogen and oxygen atoms in total. The summed E-state index contributed by atoms with van der Waals surface area (Å²) in [5, 5.41) is 12.5. The van der Waals surface area contributed by atoms with Crippen LogP contribution in [0, 0.1) is 0 Å². The first-order valence-electron chi connectivity index (χ1n) is 22.8. The fourth-order valence-electron chi connectivity index (χ4n) is 8.83. The number of fused-ring (bicyclic) bond motifs is 1. The molecule has 0 radical (unpaired) electrons. The zero-order chi connectivity index (χ0) is 46.0. The van der Waals surface area contributed by atoms with Gasteiger partial charge in [-0.25, -0.2) is 0 Å². The lowest BCUT2D eigenvalue weighted by molar-refractivity contribution is -0.337. The third-order valence-electron chi connectivity index (χ3n) is 12.3. The normalized spacial score (nSPS) is 26.1. The van der Waals surface area contributed by atoms with Crippen LogP contribution >= 0.6 is 0 Å². The van der Waals surface area contributed by atoms with Crippen LogP contribution in [-0.2, 0) is 70.9 Å². The van der Waals surface area contributed by atoms with Crippen LogP contribution in [0.2, 0.25) is 0 Å². The molecule has 6 aromatic rings. The SMILES string of the molecule is C[C@@H]1O[C@@H](OC[C@H]2O[C@@H](OCc3ccccc3)[C@H](N3C(=O)c4ccccc4C3=O)[C@@H](OCc3ccccc3)[C@@H]2O)[C@@H](OCc2ccccc2)[C@H](OCc2ccccc2)[C@@H]1OCc1ccccc1. The van der Waals surface area contributed by atoms with Crippen molar-refractivity contribution < 1.29 is 52.6 Å². The Labute approximate surface area is 390 Å². The molecule has 2 saturated heterocycles. The van der Waals surface area contributed by atoms with Crippen molar-refractivity contribution in [3.8, 4) is 0 Å². The molecule has 9 rings (SSSR count). The van der Waals surface area contributed by atoms with Gasteiger partial charge in [-0.1, -0.05) is 164 Å². The molecule has 12 heteroatoms. The molecule has 0 aromatic heterocycles. The summed E-state index contributed by atoms with van der Waals surface area (Å²) < 4.78 is 53.4. The van der Waals surface area contributed by atoms with Gasteiger partial charge in [-0.3, -0.25) is 14.5 Å². The molecule has 67 heavy (non-hydrogen) atoms. The predicted molar refractivity (Wildman–Crippen MR) is 247 cm³/mol. The van der Waals surface area contributed by atoms with E-state index in [1.54, 1.807) is 24.3 Å². The maximum Gasteiger partial charge on any atom is 0.262 e. The Bertz CT molecular complexity index is 2450. The topological polar surface area (TPSA) is 131 Å². The zero-order valence-corrected chi connectivity index (χ0v) is 37.2. The van der Waals surface area contributed by atoms with Crippen molar-refractivity contribution in [1.82, 2.24) is 4.90 Å².